The molecule has 0 amide bonds. The molecule has 1 saturated heterocycles. The van der Waals surface area contributed by atoms with Crippen LogP contribution in [0.4, 0.5) is 0 Å². The van der Waals surface area contributed by atoms with Crippen LogP contribution in [0.2, 0.25) is 0 Å². The molecule has 2 heteroatoms. The minimum atomic E-state index is 0.637. The lowest BCUT2D eigenvalue weighted by Crippen LogP contribution is -1.87. The highest BCUT2D eigenvalue weighted by Gasteiger charge is 2.21. The first-order chi connectivity index (χ1) is 6.25. The molecule has 0 radical (unpaired) electrons. The number of nitrogens with one attached hydrogen (secondary N) is 1. The molecular weight excluding hydrogens is 178 g/mol. The maximum absolute atomic E-state index is 3.30. The third-order valence-electron chi connectivity index (χ3n) is 2.06. The van der Waals surface area contributed by atoms with Crippen LogP contribution < -0.4 is 5.32 Å². The minimum absolute atomic E-state index is 0.637. The molecule has 1 heterocycles. The molecule has 2 rings (SSSR count). The van der Waals surface area contributed by atoms with Gasteiger partial charge in [-0.3, -0.25) is 0 Å². The van der Waals surface area contributed by atoms with Crippen molar-refractivity contribution in [3.8, 4) is 0 Å². The summed E-state index contributed by atoms with van der Waals surface area (Å²) in [7, 11) is 0. The van der Waals surface area contributed by atoms with Gasteiger partial charge in [-0.25, -0.2) is 0 Å². The monoisotopic (exact) mass is 193 g/mol. The van der Waals surface area contributed by atoms with Crippen LogP contribution in [0.5, 0.6) is 0 Å². The standard InChI is InChI=1S/C11H15NS/c1-8(2)13-10-5-3-9(4-6-10)11-7-12-11/h3-6,8,11-12H,7H2,1-2H3. The van der Waals surface area contributed by atoms with E-state index in [-0.39, 0.29) is 0 Å². The van der Waals surface area contributed by atoms with E-state index in [4.69, 9.17) is 0 Å². The second-order valence-corrected chi connectivity index (χ2v) is 5.35. The topological polar surface area (TPSA) is 21.9 Å². The quantitative estimate of drug-likeness (QED) is 0.589. The van der Waals surface area contributed by atoms with E-state index in [0.717, 1.165) is 6.54 Å². The smallest absolute Gasteiger partial charge is 0.0447 e. The van der Waals surface area contributed by atoms with Gasteiger partial charge in [-0.1, -0.05) is 26.0 Å². The number of rotatable bonds is 3. The molecule has 1 aliphatic rings. The summed E-state index contributed by atoms with van der Waals surface area (Å²) in [5.74, 6) is 0. The number of benzene rings is 1. The molecular formula is C11H15NS. The van der Waals surface area contributed by atoms with Gasteiger partial charge in [0.05, 0.1) is 0 Å². The van der Waals surface area contributed by atoms with Crippen LogP contribution in [0, 0.1) is 0 Å². The molecule has 1 aromatic carbocycles. The van der Waals surface area contributed by atoms with E-state index in [1.807, 2.05) is 11.8 Å². The molecule has 1 aromatic rings. The molecule has 0 spiro atoms. The van der Waals surface area contributed by atoms with Crippen LogP contribution in [0.15, 0.2) is 29.2 Å². The fourth-order valence-electron chi connectivity index (χ4n) is 1.35. The Bertz CT molecular complexity index is 275. The van der Waals surface area contributed by atoms with Gasteiger partial charge in [0.1, 0.15) is 0 Å². The molecule has 1 N–H and O–H groups in total. The zero-order valence-corrected chi connectivity index (χ0v) is 8.90. The van der Waals surface area contributed by atoms with Crippen LogP contribution in [0.3, 0.4) is 0 Å². The van der Waals surface area contributed by atoms with Crippen LogP contribution in [0.25, 0.3) is 0 Å². The van der Waals surface area contributed by atoms with Crippen molar-refractivity contribution >= 4 is 11.8 Å². The molecule has 70 valence electrons. The third kappa shape index (κ3) is 2.48. The molecule has 1 atom stereocenters. The van der Waals surface area contributed by atoms with Gasteiger partial charge in [0, 0.05) is 22.7 Å². The first-order valence-electron chi connectivity index (χ1n) is 4.76. The maximum Gasteiger partial charge on any atom is 0.0447 e. The summed E-state index contributed by atoms with van der Waals surface area (Å²) < 4.78 is 0. The summed E-state index contributed by atoms with van der Waals surface area (Å²) in [5.41, 5.74) is 1.42. The number of hydrogen-bond donors (Lipinski definition) is 1. The molecule has 1 nitrogen and oxygen atoms in total. The lowest BCUT2D eigenvalue weighted by molar-refractivity contribution is 1.07. The lowest BCUT2D eigenvalue weighted by atomic mass is 10.2. The van der Waals surface area contributed by atoms with Gasteiger partial charge in [0.15, 0.2) is 0 Å². The Kier molecular flexibility index (Phi) is 2.61. The highest BCUT2D eigenvalue weighted by molar-refractivity contribution is 7.99. The van der Waals surface area contributed by atoms with Crippen molar-refractivity contribution in [3.05, 3.63) is 29.8 Å². The van der Waals surface area contributed by atoms with Crippen molar-refractivity contribution in [3.63, 3.8) is 0 Å². The van der Waals surface area contributed by atoms with E-state index >= 15 is 0 Å². The highest BCUT2D eigenvalue weighted by atomic mass is 32.2. The molecule has 1 unspecified atom stereocenters. The van der Waals surface area contributed by atoms with Gasteiger partial charge < -0.3 is 5.32 Å². The fraction of sp³-hybridized carbons (Fsp3) is 0.455. The van der Waals surface area contributed by atoms with Crippen LogP contribution in [-0.4, -0.2) is 11.8 Å². The van der Waals surface area contributed by atoms with Crippen LogP contribution in [-0.2, 0) is 0 Å². The number of hydrogen-bond acceptors (Lipinski definition) is 2. The average Bonchev–Trinajstić information content (AvgIpc) is 2.87. The van der Waals surface area contributed by atoms with Gasteiger partial charge >= 0.3 is 0 Å². The van der Waals surface area contributed by atoms with Crippen molar-refractivity contribution in [1.29, 1.82) is 0 Å². The minimum Gasteiger partial charge on any atom is -0.307 e. The van der Waals surface area contributed by atoms with E-state index in [0.29, 0.717) is 11.3 Å². The van der Waals surface area contributed by atoms with E-state index in [1.54, 1.807) is 0 Å². The summed E-state index contributed by atoms with van der Waals surface area (Å²) in [6.07, 6.45) is 0. The molecule has 1 aliphatic heterocycles. The molecule has 13 heavy (non-hydrogen) atoms. The Balaban J connectivity index is 2.04. The largest absolute Gasteiger partial charge is 0.307 e. The van der Waals surface area contributed by atoms with E-state index in [9.17, 15) is 0 Å². The first-order valence-corrected chi connectivity index (χ1v) is 5.63. The van der Waals surface area contributed by atoms with Crippen LogP contribution >= 0.6 is 11.8 Å². The Hall–Kier alpha value is -0.470. The summed E-state index contributed by atoms with van der Waals surface area (Å²) in [5, 5.41) is 3.98. The zero-order valence-electron chi connectivity index (χ0n) is 8.08. The molecule has 1 fully saturated rings. The van der Waals surface area contributed by atoms with E-state index < -0.39 is 0 Å². The van der Waals surface area contributed by atoms with Gasteiger partial charge in [-0.15, -0.1) is 11.8 Å². The predicted molar refractivity (Wildman–Crippen MR) is 58.2 cm³/mol. The average molecular weight is 193 g/mol. The van der Waals surface area contributed by atoms with Crippen molar-refractivity contribution in [2.24, 2.45) is 0 Å². The lowest BCUT2D eigenvalue weighted by Gasteiger charge is -2.05. The second kappa shape index (κ2) is 3.72. The van der Waals surface area contributed by atoms with Crippen molar-refractivity contribution in [1.82, 2.24) is 5.32 Å². The highest BCUT2D eigenvalue weighted by Crippen LogP contribution is 2.26. The summed E-state index contributed by atoms with van der Waals surface area (Å²) in [4.78, 5) is 1.37. The maximum atomic E-state index is 3.30. The Morgan fingerprint density at radius 3 is 2.38 bits per heavy atom. The van der Waals surface area contributed by atoms with Gasteiger partial charge in [-0.05, 0) is 17.7 Å². The van der Waals surface area contributed by atoms with Gasteiger partial charge in [-0.2, -0.15) is 0 Å². The molecule has 0 bridgehead atoms. The number of thioether (sulfide) groups is 1. The van der Waals surface area contributed by atoms with Crippen LogP contribution in [0.1, 0.15) is 25.5 Å². The molecule has 0 saturated carbocycles. The normalized spacial score (nSPS) is 20.7. The molecule has 0 aliphatic carbocycles. The first kappa shape index (κ1) is 9.10. The van der Waals surface area contributed by atoms with Gasteiger partial charge in [0.25, 0.3) is 0 Å². The van der Waals surface area contributed by atoms with Crippen molar-refractivity contribution in [2.75, 3.05) is 6.54 Å². The summed E-state index contributed by atoms with van der Waals surface area (Å²) in [6.45, 7) is 5.60. The zero-order chi connectivity index (χ0) is 9.26. The predicted octanol–water partition coefficient (Wildman–Crippen LogP) is 2.83. The SMILES string of the molecule is CC(C)Sc1ccc(C2CN2)cc1. The third-order valence-corrected chi connectivity index (χ3v) is 3.08. The summed E-state index contributed by atoms with van der Waals surface area (Å²) in [6, 6.07) is 9.54. The van der Waals surface area contributed by atoms with Gasteiger partial charge in [0.2, 0.25) is 0 Å². The Labute approximate surface area is 83.9 Å². The summed E-state index contributed by atoms with van der Waals surface area (Å²) >= 11 is 1.92. The fourth-order valence-corrected chi connectivity index (χ4v) is 2.18. The molecule has 0 aromatic heterocycles. The van der Waals surface area contributed by atoms with Crippen molar-refractivity contribution < 1.29 is 0 Å². The second-order valence-electron chi connectivity index (χ2n) is 3.70. The Morgan fingerprint density at radius 2 is 1.92 bits per heavy atom. The van der Waals surface area contributed by atoms with E-state index in [1.165, 1.54) is 10.5 Å². The van der Waals surface area contributed by atoms with Crippen molar-refractivity contribution in [2.45, 2.75) is 30.0 Å². The Morgan fingerprint density at radius 1 is 1.31 bits per heavy atom. The van der Waals surface area contributed by atoms with E-state index in [2.05, 4.69) is 43.4 Å².